The summed E-state index contributed by atoms with van der Waals surface area (Å²) < 4.78 is 1.17. The second-order valence-corrected chi connectivity index (χ2v) is 9.15. The molecule has 0 atom stereocenters. The number of anilines is 1. The molecule has 2 nitrogen and oxygen atoms in total. The molecular weight excluding hydrogens is 396 g/mol. The molecule has 0 unspecified atom stereocenters. The summed E-state index contributed by atoms with van der Waals surface area (Å²) in [4.78, 5) is 5.03. The van der Waals surface area contributed by atoms with Crippen LogP contribution in [0.1, 0.15) is 25.3 Å². The van der Waals surface area contributed by atoms with Crippen molar-refractivity contribution in [3.63, 3.8) is 0 Å². The quantitative estimate of drug-likeness (QED) is 0.299. The summed E-state index contributed by atoms with van der Waals surface area (Å²) >= 11 is 1.70. The predicted molar refractivity (Wildman–Crippen MR) is 134 cm³/mol. The Kier molecular flexibility index (Phi) is 5.05. The van der Waals surface area contributed by atoms with Crippen LogP contribution in [0, 0.1) is 0 Å². The van der Waals surface area contributed by atoms with Crippen LogP contribution in [0.4, 0.5) is 5.69 Å². The highest BCUT2D eigenvalue weighted by Gasteiger charge is 2.15. The van der Waals surface area contributed by atoms with Gasteiger partial charge in [-0.2, -0.15) is 0 Å². The number of hydrogen-bond acceptors (Lipinski definition) is 3. The maximum absolute atomic E-state index is 6.25. The lowest BCUT2D eigenvalue weighted by Crippen LogP contribution is -1.89. The first-order valence-corrected chi connectivity index (χ1v) is 11.4. The largest absolute Gasteiger partial charge is 0.398 e. The number of fused-ring (bicyclic) bond motifs is 1. The first-order chi connectivity index (χ1) is 15.1. The lowest BCUT2D eigenvalue weighted by molar-refractivity contribution is 0.867. The zero-order valence-corrected chi connectivity index (χ0v) is 18.5. The van der Waals surface area contributed by atoms with Gasteiger partial charge in [-0.1, -0.05) is 80.6 Å². The van der Waals surface area contributed by atoms with E-state index in [0.29, 0.717) is 5.92 Å². The van der Waals surface area contributed by atoms with Crippen molar-refractivity contribution in [2.75, 3.05) is 5.73 Å². The molecule has 2 N–H and O–H groups in total. The molecule has 1 heterocycles. The molecule has 0 aliphatic carbocycles. The van der Waals surface area contributed by atoms with E-state index in [-0.39, 0.29) is 0 Å². The molecule has 0 amide bonds. The highest BCUT2D eigenvalue weighted by atomic mass is 32.1. The van der Waals surface area contributed by atoms with Crippen LogP contribution in [-0.4, -0.2) is 4.98 Å². The molecule has 1 aromatic heterocycles. The summed E-state index contributed by atoms with van der Waals surface area (Å²) in [5.41, 5.74) is 15.1. The monoisotopic (exact) mass is 420 g/mol. The van der Waals surface area contributed by atoms with E-state index in [4.69, 9.17) is 10.7 Å². The number of thiazole rings is 1. The van der Waals surface area contributed by atoms with Gasteiger partial charge in [0, 0.05) is 16.8 Å². The van der Waals surface area contributed by atoms with E-state index in [9.17, 15) is 0 Å². The summed E-state index contributed by atoms with van der Waals surface area (Å²) in [6.45, 7) is 4.45. The number of nitrogen functional groups attached to an aromatic ring is 1. The Morgan fingerprint density at radius 3 is 2.13 bits per heavy atom. The van der Waals surface area contributed by atoms with Crippen molar-refractivity contribution in [1.82, 2.24) is 4.98 Å². The topological polar surface area (TPSA) is 38.9 Å². The molecule has 0 bridgehead atoms. The Morgan fingerprint density at radius 2 is 1.42 bits per heavy atom. The van der Waals surface area contributed by atoms with Crippen LogP contribution in [0.15, 0.2) is 91.0 Å². The van der Waals surface area contributed by atoms with Crippen molar-refractivity contribution >= 4 is 27.2 Å². The lowest BCUT2D eigenvalue weighted by Gasteiger charge is -2.10. The van der Waals surface area contributed by atoms with Crippen LogP contribution in [0.5, 0.6) is 0 Å². The minimum absolute atomic E-state index is 0.525. The van der Waals surface area contributed by atoms with Crippen LogP contribution in [-0.2, 0) is 0 Å². The third-order valence-corrected chi connectivity index (χ3v) is 6.72. The molecule has 0 fully saturated rings. The molecular formula is C28H24N2S. The van der Waals surface area contributed by atoms with Crippen molar-refractivity contribution < 1.29 is 0 Å². The molecule has 0 spiro atoms. The van der Waals surface area contributed by atoms with Crippen LogP contribution in [0.25, 0.3) is 43.0 Å². The average Bonchev–Trinajstić information content (AvgIpc) is 3.23. The van der Waals surface area contributed by atoms with E-state index in [1.54, 1.807) is 11.3 Å². The summed E-state index contributed by atoms with van der Waals surface area (Å²) in [5.74, 6) is 0.525. The number of hydrogen-bond donors (Lipinski definition) is 1. The molecule has 5 aromatic rings. The Bertz CT molecular complexity index is 1350. The summed E-state index contributed by atoms with van der Waals surface area (Å²) in [6, 6.07) is 31.9. The van der Waals surface area contributed by atoms with E-state index >= 15 is 0 Å². The van der Waals surface area contributed by atoms with Gasteiger partial charge in [-0.25, -0.2) is 4.98 Å². The van der Waals surface area contributed by atoms with Crippen molar-refractivity contribution in [2.45, 2.75) is 19.8 Å². The fourth-order valence-corrected chi connectivity index (χ4v) is 4.98. The summed E-state index contributed by atoms with van der Waals surface area (Å²) in [7, 11) is 0. The first kappa shape index (κ1) is 19.5. The second kappa shape index (κ2) is 8.01. The Hall–Kier alpha value is -3.43. The normalized spacial score (nSPS) is 11.3. The maximum Gasteiger partial charge on any atom is 0.126 e. The number of nitrogens with two attached hydrogens (primary N) is 1. The van der Waals surface area contributed by atoms with Gasteiger partial charge in [-0.3, -0.25) is 0 Å². The third-order valence-electron chi connectivity index (χ3n) is 5.68. The minimum atomic E-state index is 0.525. The fourth-order valence-electron chi connectivity index (χ4n) is 3.90. The van der Waals surface area contributed by atoms with E-state index in [2.05, 4.69) is 74.5 Å². The van der Waals surface area contributed by atoms with Crippen molar-refractivity contribution in [1.29, 1.82) is 0 Å². The lowest BCUT2D eigenvalue weighted by atomic mass is 9.96. The van der Waals surface area contributed by atoms with Crippen LogP contribution in [0.3, 0.4) is 0 Å². The van der Waals surface area contributed by atoms with Crippen molar-refractivity contribution in [2.24, 2.45) is 0 Å². The molecule has 0 saturated heterocycles. The molecule has 31 heavy (non-hydrogen) atoms. The molecule has 0 aliphatic heterocycles. The molecule has 0 aliphatic rings. The molecule has 3 heteroatoms. The van der Waals surface area contributed by atoms with Crippen molar-refractivity contribution in [3.05, 3.63) is 96.6 Å². The van der Waals surface area contributed by atoms with Gasteiger partial charge in [0.15, 0.2) is 0 Å². The molecule has 0 saturated carbocycles. The average molecular weight is 421 g/mol. The fraction of sp³-hybridized carbons (Fsp3) is 0.107. The van der Waals surface area contributed by atoms with Crippen LogP contribution >= 0.6 is 11.3 Å². The summed E-state index contributed by atoms with van der Waals surface area (Å²) in [5, 5.41) is 0.956. The Morgan fingerprint density at radius 1 is 0.710 bits per heavy atom. The molecule has 5 rings (SSSR count). The number of benzene rings is 4. The zero-order valence-electron chi connectivity index (χ0n) is 17.7. The zero-order chi connectivity index (χ0) is 21.4. The maximum atomic E-state index is 6.25. The van der Waals surface area contributed by atoms with Gasteiger partial charge in [0.05, 0.1) is 10.2 Å². The van der Waals surface area contributed by atoms with E-state index in [1.807, 2.05) is 30.3 Å². The Balaban J connectivity index is 1.72. The van der Waals surface area contributed by atoms with Gasteiger partial charge in [0.2, 0.25) is 0 Å². The SMILES string of the molecule is CC(C)c1ccc(-c2cc(-c3ccccc3)c3nc(-c4ccccc4N)sc3c2)cc1. The number of para-hydroxylation sites is 1. The third kappa shape index (κ3) is 3.73. The van der Waals surface area contributed by atoms with Gasteiger partial charge < -0.3 is 5.73 Å². The molecule has 0 radical (unpaired) electrons. The highest BCUT2D eigenvalue weighted by molar-refractivity contribution is 7.21. The minimum Gasteiger partial charge on any atom is -0.398 e. The first-order valence-electron chi connectivity index (χ1n) is 10.6. The van der Waals surface area contributed by atoms with Crippen molar-refractivity contribution in [3.8, 4) is 32.8 Å². The second-order valence-electron chi connectivity index (χ2n) is 8.12. The van der Waals surface area contributed by atoms with E-state index in [1.165, 1.54) is 27.0 Å². The van der Waals surface area contributed by atoms with E-state index < -0.39 is 0 Å². The number of nitrogens with zero attached hydrogens (tertiary/aromatic N) is 1. The standard InChI is InChI=1S/C28H24N2S/c1-18(2)19-12-14-20(15-13-19)22-16-24(21-8-4-3-5-9-21)27-26(17-22)31-28(30-27)23-10-6-7-11-25(23)29/h3-18H,29H2,1-2H3. The van der Waals surface area contributed by atoms with Gasteiger partial charge >= 0.3 is 0 Å². The molecule has 4 aromatic carbocycles. The van der Waals surface area contributed by atoms with Crippen LogP contribution < -0.4 is 5.73 Å². The van der Waals surface area contributed by atoms with Gasteiger partial charge in [0.25, 0.3) is 0 Å². The molecule has 152 valence electrons. The number of aromatic nitrogens is 1. The van der Waals surface area contributed by atoms with Crippen LogP contribution in [0.2, 0.25) is 0 Å². The smallest absolute Gasteiger partial charge is 0.126 e. The van der Waals surface area contributed by atoms with Gasteiger partial charge in [0.1, 0.15) is 5.01 Å². The predicted octanol–water partition coefficient (Wildman–Crippen LogP) is 8.00. The van der Waals surface area contributed by atoms with Gasteiger partial charge in [-0.15, -0.1) is 11.3 Å². The Labute approximate surface area is 187 Å². The summed E-state index contributed by atoms with van der Waals surface area (Å²) in [6.07, 6.45) is 0. The van der Waals surface area contributed by atoms with Gasteiger partial charge in [-0.05, 0) is 52.4 Å². The highest BCUT2D eigenvalue weighted by Crippen LogP contribution is 2.40. The van der Waals surface area contributed by atoms with E-state index in [0.717, 1.165) is 27.3 Å². The number of rotatable bonds is 4.